The zero-order valence-corrected chi connectivity index (χ0v) is 12.4. The van der Waals surface area contributed by atoms with Crippen LogP contribution in [0.4, 0.5) is 0 Å². The third kappa shape index (κ3) is 3.08. The molecule has 1 nitrogen and oxygen atoms in total. The third-order valence-corrected chi connectivity index (χ3v) is 5.37. The summed E-state index contributed by atoms with van der Waals surface area (Å²) in [5.74, 6) is 3.83. The molecule has 0 spiro atoms. The van der Waals surface area contributed by atoms with Crippen LogP contribution in [0.2, 0.25) is 0 Å². The highest BCUT2D eigenvalue weighted by Crippen LogP contribution is 2.50. The summed E-state index contributed by atoms with van der Waals surface area (Å²) in [6, 6.07) is 8.30. The molecule has 1 aromatic carbocycles. The smallest absolute Gasteiger partial charge is 0.119 e. The molecule has 0 radical (unpaired) electrons. The van der Waals surface area contributed by atoms with Crippen LogP contribution in [0.15, 0.2) is 24.3 Å². The molecule has 19 heavy (non-hydrogen) atoms. The Morgan fingerprint density at radius 3 is 2.89 bits per heavy atom. The Hall–Kier alpha value is -0.690. The van der Waals surface area contributed by atoms with E-state index in [0.717, 1.165) is 29.9 Å². The minimum atomic E-state index is 0.274. The molecule has 0 aromatic heterocycles. The van der Waals surface area contributed by atoms with E-state index in [1.165, 1.54) is 37.7 Å². The first-order valence-electron chi connectivity index (χ1n) is 7.51. The van der Waals surface area contributed by atoms with E-state index >= 15 is 0 Å². The van der Waals surface area contributed by atoms with Gasteiger partial charge in [-0.2, -0.15) is 0 Å². The lowest BCUT2D eigenvalue weighted by Gasteiger charge is -2.23. The van der Waals surface area contributed by atoms with E-state index in [1.54, 1.807) is 7.11 Å². The van der Waals surface area contributed by atoms with Crippen LogP contribution in [0.5, 0.6) is 5.75 Å². The number of rotatable bonds is 5. The van der Waals surface area contributed by atoms with Gasteiger partial charge in [0.25, 0.3) is 0 Å². The molecule has 2 bridgehead atoms. The van der Waals surface area contributed by atoms with E-state index in [2.05, 4.69) is 18.2 Å². The SMILES string of the molecule is COc1cccc(CC(Cl)CC2CC3CCC2C3)c1. The Labute approximate surface area is 121 Å². The predicted octanol–water partition coefficient (Wildman–Crippen LogP) is 4.67. The third-order valence-electron chi connectivity index (χ3n) is 5.03. The minimum Gasteiger partial charge on any atom is -0.497 e. The molecule has 2 aliphatic carbocycles. The molecule has 4 atom stereocenters. The summed E-state index contributed by atoms with van der Waals surface area (Å²) in [7, 11) is 1.71. The van der Waals surface area contributed by atoms with Gasteiger partial charge in [-0.05, 0) is 67.6 Å². The number of methoxy groups -OCH3 is 1. The first-order valence-corrected chi connectivity index (χ1v) is 7.95. The van der Waals surface area contributed by atoms with Gasteiger partial charge in [0.05, 0.1) is 7.11 Å². The Balaban J connectivity index is 1.54. The highest BCUT2D eigenvalue weighted by atomic mass is 35.5. The molecule has 3 rings (SSSR count). The topological polar surface area (TPSA) is 9.23 Å². The molecule has 1 aromatic rings. The van der Waals surface area contributed by atoms with Gasteiger partial charge in [-0.3, -0.25) is 0 Å². The number of fused-ring (bicyclic) bond motifs is 2. The zero-order chi connectivity index (χ0) is 13.2. The van der Waals surface area contributed by atoms with E-state index in [1.807, 2.05) is 6.07 Å². The summed E-state index contributed by atoms with van der Waals surface area (Å²) in [5, 5.41) is 0.274. The van der Waals surface area contributed by atoms with Crippen molar-refractivity contribution in [1.29, 1.82) is 0 Å². The van der Waals surface area contributed by atoms with Crippen molar-refractivity contribution in [3.05, 3.63) is 29.8 Å². The Bertz CT molecular complexity index is 431. The van der Waals surface area contributed by atoms with Crippen LogP contribution in [0.1, 0.15) is 37.7 Å². The second kappa shape index (κ2) is 5.75. The number of halogens is 1. The van der Waals surface area contributed by atoms with E-state index < -0.39 is 0 Å². The van der Waals surface area contributed by atoms with Gasteiger partial charge in [0.2, 0.25) is 0 Å². The number of alkyl halides is 1. The van der Waals surface area contributed by atoms with Crippen molar-refractivity contribution in [2.24, 2.45) is 17.8 Å². The van der Waals surface area contributed by atoms with Gasteiger partial charge >= 0.3 is 0 Å². The van der Waals surface area contributed by atoms with Gasteiger partial charge in [-0.25, -0.2) is 0 Å². The molecule has 2 saturated carbocycles. The fourth-order valence-electron chi connectivity index (χ4n) is 4.13. The first-order chi connectivity index (χ1) is 9.24. The van der Waals surface area contributed by atoms with E-state index in [0.29, 0.717) is 0 Å². The number of hydrogen-bond donors (Lipinski definition) is 0. The van der Waals surface area contributed by atoms with Gasteiger partial charge in [-0.15, -0.1) is 11.6 Å². The highest BCUT2D eigenvalue weighted by Gasteiger charge is 2.39. The molecule has 0 amide bonds. The predicted molar refractivity (Wildman–Crippen MR) is 79.9 cm³/mol. The van der Waals surface area contributed by atoms with Crippen LogP contribution in [0.25, 0.3) is 0 Å². The summed E-state index contributed by atoms with van der Waals surface area (Å²) in [6.07, 6.45) is 8.01. The second-order valence-corrected chi connectivity index (χ2v) is 6.94. The summed E-state index contributed by atoms with van der Waals surface area (Å²) >= 11 is 6.59. The number of hydrogen-bond acceptors (Lipinski definition) is 1. The quantitative estimate of drug-likeness (QED) is 0.711. The van der Waals surface area contributed by atoms with E-state index in [4.69, 9.17) is 16.3 Å². The van der Waals surface area contributed by atoms with Crippen LogP contribution in [-0.4, -0.2) is 12.5 Å². The minimum absolute atomic E-state index is 0.274. The van der Waals surface area contributed by atoms with E-state index in [9.17, 15) is 0 Å². The van der Waals surface area contributed by atoms with Crippen molar-refractivity contribution in [1.82, 2.24) is 0 Å². The first kappa shape index (κ1) is 13.3. The lowest BCUT2D eigenvalue weighted by Crippen LogP contribution is -2.16. The molecule has 0 aliphatic heterocycles. The molecule has 2 fully saturated rings. The van der Waals surface area contributed by atoms with Crippen molar-refractivity contribution in [3.8, 4) is 5.75 Å². The highest BCUT2D eigenvalue weighted by molar-refractivity contribution is 6.20. The van der Waals surface area contributed by atoms with Gasteiger partial charge in [0.15, 0.2) is 0 Å². The van der Waals surface area contributed by atoms with Gasteiger partial charge in [-0.1, -0.05) is 18.6 Å². The Morgan fingerprint density at radius 2 is 2.21 bits per heavy atom. The fourth-order valence-corrected chi connectivity index (χ4v) is 4.54. The van der Waals surface area contributed by atoms with Gasteiger partial charge in [0.1, 0.15) is 5.75 Å². The second-order valence-electron chi connectivity index (χ2n) is 6.32. The summed E-state index contributed by atoms with van der Waals surface area (Å²) in [5.41, 5.74) is 1.29. The Kier molecular flexibility index (Phi) is 4.02. The molecular formula is C17H23ClO. The van der Waals surface area contributed by atoms with Crippen molar-refractivity contribution in [2.45, 2.75) is 43.9 Å². The summed E-state index contributed by atoms with van der Waals surface area (Å²) in [6.45, 7) is 0. The fraction of sp³-hybridized carbons (Fsp3) is 0.647. The molecule has 2 aliphatic rings. The molecule has 104 valence electrons. The maximum Gasteiger partial charge on any atom is 0.119 e. The van der Waals surface area contributed by atoms with Crippen molar-refractivity contribution < 1.29 is 4.74 Å². The van der Waals surface area contributed by atoms with E-state index in [-0.39, 0.29) is 5.38 Å². The molecular weight excluding hydrogens is 256 g/mol. The van der Waals surface area contributed by atoms with Crippen molar-refractivity contribution >= 4 is 11.6 Å². The standard InChI is InChI=1S/C17H23ClO/c1-19-17-4-2-3-12(10-17)9-16(18)11-15-8-13-5-6-14(15)7-13/h2-4,10,13-16H,5-9,11H2,1H3. The number of benzene rings is 1. The molecule has 0 saturated heterocycles. The lowest BCUT2D eigenvalue weighted by atomic mass is 9.84. The molecule has 0 heterocycles. The molecule has 4 unspecified atom stereocenters. The maximum absolute atomic E-state index is 6.59. The lowest BCUT2D eigenvalue weighted by molar-refractivity contribution is 0.310. The summed E-state index contributed by atoms with van der Waals surface area (Å²) < 4.78 is 5.27. The Morgan fingerprint density at radius 1 is 1.32 bits per heavy atom. The van der Waals surface area contributed by atoms with Crippen molar-refractivity contribution in [2.75, 3.05) is 7.11 Å². The molecule has 2 heteroatoms. The van der Waals surface area contributed by atoms with Crippen LogP contribution < -0.4 is 4.74 Å². The molecule has 0 N–H and O–H groups in total. The average molecular weight is 279 g/mol. The zero-order valence-electron chi connectivity index (χ0n) is 11.6. The number of ether oxygens (including phenoxy) is 1. The van der Waals surface area contributed by atoms with Crippen LogP contribution >= 0.6 is 11.6 Å². The van der Waals surface area contributed by atoms with Crippen LogP contribution in [0.3, 0.4) is 0 Å². The maximum atomic E-state index is 6.59. The van der Waals surface area contributed by atoms with Crippen molar-refractivity contribution in [3.63, 3.8) is 0 Å². The normalized spacial score (nSPS) is 30.5. The summed E-state index contributed by atoms with van der Waals surface area (Å²) in [4.78, 5) is 0. The largest absolute Gasteiger partial charge is 0.497 e. The van der Waals surface area contributed by atoms with Crippen LogP contribution in [-0.2, 0) is 6.42 Å². The van der Waals surface area contributed by atoms with Gasteiger partial charge in [0, 0.05) is 5.38 Å². The average Bonchev–Trinajstić information content (AvgIpc) is 3.01. The van der Waals surface area contributed by atoms with Crippen LogP contribution in [0, 0.1) is 17.8 Å². The van der Waals surface area contributed by atoms with Gasteiger partial charge < -0.3 is 4.74 Å². The monoisotopic (exact) mass is 278 g/mol.